The van der Waals surface area contributed by atoms with Crippen molar-refractivity contribution in [2.24, 2.45) is 13.0 Å². The summed E-state index contributed by atoms with van der Waals surface area (Å²) in [7, 11) is 3.09. The van der Waals surface area contributed by atoms with E-state index < -0.39 is 17.5 Å². The summed E-state index contributed by atoms with van der Waals surface area (Å²) in [5, 5.41) is 10.0. The normalized spacial score (nSPS) is 15.5. The van der Waals surface area contributed by atoms with Crippen molar-refractivity contribution in [2.75, 3.05) is 71.4 Å². The molecule has 4 amide bonds. The van der Waals surface area contributed by atoms with Gasteiger partial charge in [-0.2, -0.15) is 5.10 Å². The number of methoxy groups -OCH3 is 1. The van der Waals surface area contributed by atoms with Crippen molar-refractivity contribution >= 4 is 40.9 Å². The number of carbonyl (C=O) groups excluding carboxylic acids is 4. The molecule has 1 atom stereocenters. The standard InChI is InChI=1S/C39H46ClF2N9O5/c1-5-25(10-12-48-13-11-43-33(52)23-48)38(54)49-14-16-50(17-15-49)39(55)28-7-6-26(20-31(28)40)45-37(53)36-44-21-32(47(36)3)29-9-8-27(34(41)35(29)42)30-22-51(18-19-56-4)46-24(30)2/h6-9,20-22,25H,5,10-19,23H2,1-4H3,(H,43,52)(H,45,53). The zero-order valence-corrected chi connectivity index (χ0v) is 32.7. The zero-order valence-electron chi connectivity index (χ0n) is 31.9. The summed E-state index contributed by atoms with van der Waals surface area (Å²) < 4.78 is 39.1. The van der Waals surface area contributed by atoms with Crippen molar-refractivity contribution in [3.05, 3.63) is 76.5 Å². The molecule has 4 aromatic rings. The van der Waals surface area contributed by atoms with E-state index in [9.17, 15) is 19.2 Å². The Hall–Kier alpha value is -5.19. The van der Waals surface area contributed by atoms with E-state index in [1.165, 1.54) is 42.1 Å². The Kier molecular flexibility index (Phi) is 12.8. The summed E-state index contributed by atoms with van der Waals surface area (Å²) in [4.78, 5) is 61.5. The second kappa shape index (κ2) is 17.7. The number of nitrogens with one attached hydrogen (secondary N) is 2. The largest absolute Gasteiger partial charge is 0.383 e. The number of anilines is 1. The van der Waals surface area contributed by atoms with Gasteiger partial charge in [0.05, 0.1) is 47.9 Å². The highest BCUT2D eigenvalue weighted by Crippen LogP contribution is 2.33. The number of benzene rings is 2. The van der Waals surface area contributed by atoms with E-state index in [1.807, 2.05) is 6.92 Å². The molecule has 2 saturated heterocycles. The van der Waals surface area contributed by atoms with Gasteiger partial charge < -0.3 is 29.7 Å². The van der Waals surface area contributed by atoms with E-state index >= 15 is 8.78 Å². The molecule has 0 aliphatic carbocycles. The van der Waals surface area contributed by atoms with Gasteiger partial charge in [-0.05, 0) is 50.6 Å². The highest BCUT2D eigenvalue weighted by atomic mass is 35.5. The predicted molar refractivity (Wildman–Crippen MR) is 206 cm³/mol. The highest BCUT2D eigenvalue weighted by Gasteiger charge is 2.30. The van der Waals surface area contributed by atoms with Crippen molar-refractivity contribution in [1.82, 2.24) is 39.3 Å². The number of hydrogen-bond donors (Lipinski definition) is 2. The first-order valence-corrected chi connectivity index (χ1v) is 19.0. The number of aromatic nitrogens is 4. The van der Waals surface area contributed by atoms with Crippen LogP contribution in [0.5, 0.6) is 0 Å². The second-order valence-electron chi connectivity index (χ2n) is 14.0. The number of carbonyl (C=O) groups is 4. The molecule has 0 bridgehead atoms. The fourth-order valence-electron chi connectivity index (χ4n) is 7.14. The van der Waals surface area contributed by atoms with Crippen LogP contribution in [0.4, 0.5) is 14.5 Å². The Balaban J connectivity index is 1.05. The number of aryl methyl sites for hydroxylation is 1. The molecule has 14 nitrogen and oxygen atoms in total. The minimum atomic E-state index is -1.09. The number of piperazine rings is 2. The van der Waals surface area contributed by atoms with E-state index in [-0.39, 0.29) is 56.9 Å². The first-order valence-electron chi connectivity index (χ1n) is 18.6. The topological polar surface area (TPSA) is 147 Å². The molecule has 2 aromatic heterocycles. The van der Waals surface area contributed by atoms with Crippen LogP contribution in [0.15, 0.2) is 42.7 Å². The van der Waals surface area contributed by atoms with Gasteiger partial charge in [0.2, 0.25) is 11.8 Å². The average molecular weight is 794 g/mol. The Morgan fingerprint density at radius 2 is 1.71 bits per heavy atom. The number of ether oxygens (including phenoxy) is 1. The molecule has 6 rings (SSSR count). The highest BCUT2D eigenvalue weighted by molar-refractivity contribution is 6.34. The van der Waals surface area contributed by atoms with Gasteiger partial charge >= 0.3 is 0 Å². The molecular weight excluding hydrogens is 748 g/mol. The molecule has 17 heteroatoms. The second-order valence-corrected chi connectivity index (χ2v) is 14.4. The molecule has 2 aromatic carbocycles. The van der Waals surface area contributed by atoms with Gasteiger partial charge in [-0.25, -0.2) is 13.8 Å². The van der Waals surface area contributed by atoms with Gasteiger partial charge in [0.25, 0.3) is 11.8 Å². The number of hydrogen-bond acceptors (Lipinski definition) is 8. The SMILES string of the molecule is CCC(CCN1CCNC(=O)C1)C(=O)N1CCN(C(=O)c2ccc(NC(=O)c3ncc(-c4ccc(-c5cn(CCOC)nc5C)c(F)c4F)n3C)cc2Cl)CC1. The van der Waals surface area contributed by atoms with E-state index in [2.05, 4.69) is 25.6 Å². The van der Waals surface area contributed by atoms with Crippen LogP contribution in [-0.4, -0.2) is 124 Å². The van der Waals surface area contributed by atoms with E-state index in [0.29, 0.717) is 88.8 Å². The summed E-state index contributed by atoms with van der Waals surface area (Å²) >= 11 is 6.56. The van der Waals surface area contributed by atoms with Crippen LogP contribution in [-0.2, 0) is 27.9 Å². The summed E-state index contributed by atoms with van der Waals surface area (Å²) in [6.45, 7) is 8.46. The number of halogens is 3. The Morgan fingerprint density at radius 3 is 2.41 bits per heavy atom. The maximum atomic E-state index is 15.6. The third-order valence-electron chi connectivity index (χ3n) is 10.4. The van der Waals surface area contributed by atoms with E-state index in [4.69, 9.17) is 16.3 Å². The molecule has 0 radical (unpaired) electrons. The molecule has 2 aliphatic heterocycles. The minimum Gasteiger partial charge on any atom is -0.383 e. The molecule has 56 heavy (non-hydrogen) atoms. The molecular formula is C39H46ClF2N9O5. The first-order chi connectivity index (χ1) is 26.9. The van der Waals surface area contributed by atoms with Crippen molar-refractivity contribution in [3.63, 3.8) is 0 Å². The van der Waals surface area contributed by atoms with Crippen LogP contribution in [0.3, 0.4) is 0 Å². The van der Waals surface area contributed by atoms with Gasteiger partial charge in [-0.1, -0.05) is 24.6 Å². The van der Waals surface area contributed by atoms with Crippen molar-refractivity contribution in [3.8, 4) is 22.4 Å². The van der Waals surface area contributed by atoms with Crippen LogP contribution in [0.25, 0.3) is 22.4 Å². The van der Waals surface area contributed by atoms with Crippen LogP contribution < -0.4 is 10.6 Å². The molecule has 2 fully saturated rings. The molecule has 298 valence electrons. The van der Waals surface area contributed by atoms with Crippen molar-refractivity contribution in [2.45, 2.75) is 33.2 Å². The lowest BCUT2D eigenvalue weighted by atomic mass is 9.99. The summed E-state index contributed by atoms with van der Waals surface area (Å²) in [5.41, 5.74) is 1.71. The molecule has 2 N–H and O–H groups in total. The van der Waals surface area contributed by atoms with Gasteiger partial charge in [0, 0.05) is 87.9 Å². The lowest BCUT2D eigenvalue weighted by molar-refractivity contribution is -0.137. The predicted octanol–water partition coefficient (Wildman–Crippen LogP) is 4.22. The molecule has 0 saturated carbocycles. The number of imidazole rings is 1. The smallest absolute Gasteiger partial charge is 0.291 e. The number of nitrogens with zero attached hydrogens (tertiary/aromatic N) is 7. The van der Waals surface area contributed by atoms with E-state index in [0.717, 1.165) is 6.54 Å². The summed E-state index contributed by atoms with van der Waals surface area (Å²) in [6, 6.07) is 7.44. The van der Waals surface area contributed by atoms with Crippen LogP contribution in [0, 0.1) is 24.5 Å². The monoisotopic (exact) mass is 793 g/mol. The quantitative estimate of drug-likeness (QED) is 0.205. The Bertz CT molecular complexity index is 2110. The third kappa shape index (κ3) is 8.77. The van der Waals surface area contributed by atoms with Gasteiger partial charge in [0.15, 0.2) is 17.5 Å². The molecule has 0 spiro atoms. The Morgan fingerprint density at radius 1 is 1.00 bits per heavy atom. The van der Waals surface area contributed by atoms with Crippen LogP contribution in [0.1, 0.15) is 46.4 Å². The van der Waals surface area contributed by atoms with Gasteiger partial charge in [-0.3, -0.25) is 28.8 Å². The fourth-order valence-corrected chi connectivity index (χ4v) is 7.40. The van der Waals surface area contributed by atoms with Crippen LogP contribution in [0.2, 0.25) is 5.02 Å². The minimum absolute atomic E-state index is 0.00164. The van der Waals surface area contributed by atoms with E-state index in [1.54, 1.807) is 40.8 Å². The summed E-state index contributed by atoms with van der Waals surface area (Å²) in [6.07, 6.45) is 4.29. The van der Waals surface area contributed by atoms with Crippen molar-refractivity contribution in [1.29, 1.82) is 0 Å². The fraction of sp³-hybridized carbons (Fsp3) is 0.436. The maximum absolute atomic E-state index is 15.6. The third-order valence-corrected chi connectivity index (χ3v) is 10.7. The molecule has 1 unspecified atom stereocenters. The molecule has 4 heterocycles. The summed E-state index contributed by atoms with van der Waals surface area (Å²) in [5.74, 6) is -3.22. The van der Waals surface area contributed by atoms with Crippen molar-refractivity contribution < 1.29 is 32.7 Å². The number of rotatable bonds is 13. The van der Waals surface area contributed by atoms with Gasteiger partial charge in [0.1, 0.15) is 0 Å². The Labute approximate surface area is 328 Å². The molecule has 2 aliphatic rings. The lowest BCUT2D eigenvalue weighted by Gasteiger charge is -2.37. The maximum Gasteiger partial charge on any atom is 0.291 e. The van der Waals surface area contributed by atoms with Gasteiger partial charge in [-0.15, -0.1) is 0 Å². The number of amides is 4. The lowest BCUT2D eigenvalue weighted by Crippen LogP contribution is -2.52. The zero-order chi connectivity index (χ0) is 40.1. The van der Waals surface area contributed by atoms with Crippen LogP contribution >= 0.6 is 11.6 Å². The average Bonchev–Trinajstić information content (AvgIpc) is 3.76. The first kappa shape index (κ1) is 40.5.